The molecule has 2 nitrogen and oxygen atoms in total. The Morgan fingerprint density at radius 3 is 1.95 bits per heavy atom. The van der Waals surface area contributed by atoms with Gasteiger partial charge in [-0.3, -0.25) is 9.97 Å². The van der Waals surface area contributed by atoms with Crippen LogP contribution in [0.2, 0.25) is 0 Å². The lowest BCUT2D eigenvalue weighted by molar-refractivity contribution is 0.559. The van der Waals surface area contributed by atoms with Crippen molar-refractivity contribution in [2.45, 2.75) is 43.4 Å². The second kappa shape index (κ2) is 7.53. The zero-order valence-corrected chi connectivity index (χ0v) is 13.5. The molecular formula is C17H21BrN2. The van der Waals surface area contributed by atoms with Crippen molar-refractivity contribution in [3.05, 3.63) is 60.2 Å². The molecule has 0 amide bonds. The van der Waals surface area contributed by atoms with Gasteiger partial charge in [0.25, 0.3) is 0 Å². The Labute approximate surface area is 129 Å². The van der Waals surface area contributed by atoms with Crippen LogP contribution in [0, 0.1) is 0 Å². The minimum absolute atomic E-state index is 0.275. The summed E-state index contributed by atoms with van der Waals surface area (Å²) in [6.07, 6.45) is 9.67. The molecule has 0 N–H and O–H groups in total. The molecule has 0 aliphatic rings. The molecule has 2 aromatic heterocycles. The maximum Gasteiger partial charge on any atom is 0.109 e. The Bertz CT molecular complexity index is 459. The first-order chi connectivity index (χ1) is 9.77. The van der Waals surface area contributed by atoms with Crippen LogP contribution in [0.5, 0.6) is 0 Å². The molecule has 106 valence electrons. The first-order valence-electron chi connectivity index (χ1n) is 7.29. The lowest BCUT2D eigenvalue weighted by atomic mass is 9.93. The second-order valence-electron chi connectivity index (χ2n) is 5.04. The molecule has 0 radical (unpaired) electrons. The van der Waals surface area contributed by atoms with Gasteiger partial charge in [0.1, 0.15) is 4.32 Å². The Morgan fingerprint density at radius 1 is 0.900 bits per heavy atom. The number of halogens is 1. The fourth-order valence-corrected chi connectivity index (χ4v) is 3.13. The minimum Gasteiger partial charge on any atom is -0.259 e. The summed E-state index contributed by atoms with van der Waals surface area (Å²) in [6.45, 7) is 2.24. The molecule has 0 aromatic carbocycles. The first kappa shape index (κ1) is 15.2. The van der Waals surface area contributed by atoms with Gasteiger partial charge in [-0.15, -0.1) is 0 Å². The van der Waals surface area contributed by atoms with Crippen molar-refractivity contribution in [3.63, 3.8) is 0 Å². The monoisotopic (exact) mass is 332 g/mol. The number of nitrogens with zero attached hydrogens (tertiary/aromatic N) is 2. The third-order valence-corrected chi connectivity index (χ3v) is 4.73. The summed E-state index contributed by atoms with van der Waals surface area (Å²) < 4.78 is -0.275. The van der Waals surface area contributed by atoms with E-state index in [1.54, 1.807) is 0 Å². The van der Waals surface area contributed by atoms with Crippen LogP contribution in [0.4, 0.5) is 0 Å². The predicted octanol–water partition coefficient (Wildman–Crippen LogP) is 5.09. The lowest BCUT2D eigenvalue weighted by Gasteiger charge is -2.26. The van der Waals surface area contributed by atoms with E-state index < -0.39 is 0 Å². The number of hydrogen-bond acceptors (Lipinski definition) is 2. The maximum absolute atomic E-state index is 4.54. The molecular weight excluding hydrogens is 312 g/mol. The average molecular weight is 333 g/mol. The highest BCUT2D eigenvalue weighted by molar-refractivity contribution is 9.09. The number of pyridine rings is 2. The SMILES string of the molecule is CCCCCCC(Br)(c1ccccn1)c1ccccn1. The normalized spacial score (nSPS) is 11.5. The fraction of sp³-hybridized carbons (Fsp3) is 0.412. The van der Waals surface area contributed by atoms with E-state index in [0.717, 1.165) is 17.8 Å². The van der Waals surface area contributed by atoms with Crippen molar-refractivity contribution in [1.82, 2.24) is 9.97 Å². The molecule has 3 heteroatoms. The number of rotatable bonds is 7. The summed E-state index contributed by atoms with van der Waals surface area (Å²) in [5.41, 5.74) is 2.07. The Morgan fingerprint density at radius 2 is 1.50 bits per heavy atom. The Hall–Kier alpha value is -1.22. The minimum atomic E-state index is -0.275. The van der Waals surface area contributed by atoms with E-state index in [-0.39, 0.29) is 4.32 Å². The molecule has 0 unspecified atom stereocenters. The second-order valence-corrected chi connectivity index (χ2v) is 6.40. The molecule has 0 saturated heterocycles. The Balaban J connectivity index is 2.24. The van der Waals surface area contributed by atoms with E-state index in [0.29, 0.717) is 0 Å². The van der Waals surface area contributed by atoms with Gasteiger partial charge in [0.05, 0.1) is 11.4 Å². The van der Waals surface area contributed by atoms with Gasteiger partial charge in [-0.05, 0) is 30.7 Å². The standard InChI is InChI=1S/C17H21BrN2/c1-2-3-4-7-12-17(18,15-10-5-8-13-19-15)16-11-6-9-14-20-16/h5-6,8-11,13-14H,2-4,7,12H2,1H3. The molecule has 0 fully saturated rings. The summed E-state index contributed by atoms with van der Waals surface area (Å²) in [7, 11) is 0. The average Bonchev–Trinajstić information content (AvgIpc) is 2.53. The number of aromatic nitrogens is 2. The highest BCUT2D eigenvalue weighted by Crippen LogP contribution is 2.41. The topological polar surface area (TPSA) is 25.8 Å². The van der Waals surface area contributed by atoms with Crippen LogP contribution < -0.4 is 0 Å². The number of alkyl halides is 1. The molecule has 0 saturated carbocycles. The first-order valence-corrected chi connectivity index (χ1v) is 8.08. The Kier molecular flexibility index (Phi) is 5.72. The summed E-state index contributed by atoms with van der Waals surface area (Å²) >= 11 is 3.93. The van der Waals surface area contributed by atoms with Gasteiger partial charge in [0.2, 0.25) is 0 Å². The van der Waals surface area contributed by atoms with Crippen LogP contribution in [0.15, 0.2) is 48.8 Å². The smallest absolute Gasteiger partial charge is 0.109 e. The summed E-state index contributed by atoms with van der Waals surface area (Å²) in [5, 5.41) is 0. The molecule has 0 atom stereocenters. The lowest BCUT2D eigenvalue weighted by Crippen LogP contribution is -2.22. The fourth-order valence-electron chi connectivity index (χ4n) is 2.38. The highest BCUT2D eigenvalue weighted by Gasteiger charge is 2.33. The van der Waals surface area contributed by atoms with Crippen molar-refractivity contribution in [3.8, 4) is 0 Å². The quantitative estimate of drug-likeness (QED) is 0.521. The van der Waals surface area contributed by atoms with Gasteiger partial charge in [0.15, 0.2) is 0 Å². The van der Waals surface area contributed by atoms with Gasteiger partial charge in [0, 0.05) is 12.4 Å². The number of unbranched alkanes of at least 4 members (excludes halogenated alkanes) is 3. The maximum atomic E-state index is 4.54. The number of hydrogen-bond donors (Lipinski definition) is 0. The predicted molar refractivity (Wildman–Crippen MR) is 86.9 cm³/mol. The van der Waals surface area contributed by atoms with E-state index in [1.807, 2.05) is 36.7 Å². The molecule has 0 aliphatic carbocycles. The third-order valence-electron chi connectivity index (χ3n) is 3.52. The van der Waals surface area contributed by atoms with E-state index in [1.165, 1.54) is 25.7 Å². The van der Waals surface area contributed by atoms with Crippen molar-refractivity contribution in [2.24, 2.45) is 0 Å². The molecule has 2 heterocycles. The van der Waals surface area contributed by atoms with E-state index in [4.69, 9.17) is 0 Å². The van der Waals surface area contributed by atoms with Crippen LogP contribution in [0.25, 0.3) is 0 Å². The summed E-state index contributed by atoms with van der Waals surface area (Å²) in [4.78, 5) is 9.08. The summed E-state index contributed by atoms with van der Waals surface area (Å²) in [5.74, 6) is 0. The molecule has 0 aliphatic heterocycles. The molecule has 2 rings (SSSR count). The van der Waals surface area contributed by atoms with Crippen molar-refractivity contribution >= 4 is 15.9 Å². The van der Waals surface area contributed by atoms with Crippen LogP contribution >= 0.6 is 15.9 Å². The van der Waals surface area contributed by atoms with Gasteiger partial charge >= 0.3 is 0 Å². The van der Waals surface area contributed by atoms with Crippen LogP contribution in [0.1, 0.15) is 50.4 Å². The summed E-state index contributed by atoms with van der Waals surface area (Å²) in [6, 6.07) is 12.1. The van der Waals surface area contributed by atoms with E-state index >= 15 is 0 Å². The van der Waals surface area contributed by atoms with Crippen molar-refractivity contribution in [1.29, 1.82) is 0 Å². The van der Waals surface area contributed by atoms with E-state index in [9.17, 15) is 0 Å². The molecule has 0 spiro atoms. The van der Waals surface area contributed by atoms with Gasteiger partial charge in [-0.25, -0.2) is 0 Å². The van der Waals surface area contributed by atoms with Gasteiger partial charge in [-0.1, -0.05) is 60.7 Å². The largest absolute Gasteiger partial charge is 0.259 e. The molecule has 2 aromatic rings. The van der Waals surface area contributed by atoms with Crippen LogP contribution in [-0.2, 0) is 4.32 Å². The zero-order valence-electron chi connectivity index (χ0n) is 11.9. The highest BCUT2D eigenvalue weighted by atomic mass is 79.9. The van der Waals surface area contributed by atoms with Crippen molar-refractivity contribution < 1.29 is 0 Å². The van der Waals surface area contributed by atoms with Crippen LogP contribution in [-0.4, -0.2) is 9.97 Å². The van der Waals surface area contributed by atoms with Crippen molar-refractivity contribution in [2.75, 3.05) is 0 Å². The zero-order chi connectivity index (χ0) is 14.3. The van der Waals surface area contributed by atoms with Gasteiger partial charge < -0.3 is 0 Å². The third kappa shape index (κ3) is 3.66. The molecule has 20 heavy (non-hydrogen) atoms. The van der Waals surface area contributed by atoms with E-state index in [2.05, 4.69) is 45.0 Å². The molecule has 0 bridgehead atoms. The van der Waals surface area contributed by atoms with Gasteiger partial charge in [-0.2, -0.15) is 0 Å². The van der Waals surface area contributed by atoms with Crippen LogP contribution in [0.3, 0.4) is 0 Å².